The zero-order valence-corrected chi connectivity index (χ0v) is 17.7. The highest BCUT2D eigenvalue weighted by Gasteiger charge is 2.40. The van der Waals surface area contributed by atoms with E-state index in [0.29, 0.717) is 5.75 Å². The summed E-state index contributed by atoms with van der Waals surface area (Å²) in [5.74, 6) is -0.205. The predicted octanol–water partition coefficient (Wildman–Crippen LogP) is 4.95. The minimum atomic E-state index is -3.62. The molecule has 26 heavy (non-hydrogen) atoms. The fourth-order valence-corrected chi connectivity index (χ4v) is 4.66. The molecule has 1 aromatic carbocycles. The molecule has 148 valence electrons. The summed E-state index contributed by atoms with van der Waals surface area (Å²) in [5.41, 5.74) is 0.490. The van der Waals surface area contributed by atoms with Crippen LogP contribution in [0.3, 0.4) is 0 Å². The van der Waals surface area contributed by atoms with Crippen LogP contribution in [0.15, 0.2) is 18.2 Å². The molecule has 0 spiro atoms. The average molecular weight is 385 g/mol. The van der Waals surface area contributed by atoms with Gasteiger partial charge in [0, 0.05) is 7.11 Å². The Labute approximate surface area is 156 Å². The lowest BCUT2D eigenvalue weighted by molar-refractivity contribution is -0.143. The van der Waals surface area contributed by atoms with Gasteiger partial charge in [-0.15, -0.1) is 0 Å². The maximum atomic E-state index is 13.5. The van der Waals surface area contributed by atoms with E-state index < -0.39 is 19.0 Å². The van der Waals surface area contributed by atoms with Crippen molar-refractivity contribution in [1.29, 1.82) is 0 Å². The highest BCUT2D eigenvalue weighted by atomic mass is 31.2. The number of para-hydroxylation sites is 1. The third-order valence-electron chi connectivity index (χ3n) is 4.45. The zero-order chi connectivity index (χ0) is 20.1. The van der Waals surface area contributed by atoms with Crippen molar-refractivity contribution in [2.45, 2.75) is 65.3 Å². The number of hydrogen-bond acceptors (Lipinski definition) is 4. The molecule has 6 nitrogen and oxygen atoms in total. The molecular formula is C19H32NO5P. The van der Waals surface area contributed by atoms with E-state index in [2.05, 4.69) is 5.09 Å². The summed E-state index contributed by atoms with van der Waals surface area (Å²) in [6.07, 6.45) is 0.0299. The maximum absolute atomic E-state index is 13.5. The number of hydrogen-bond donors (Lipinski definition) is 2. The van der Waals surface area contributed by atoms with E-state index in [4.69, 9.17) is 9.26 Å². The van der Waals surface area contributed by atoms with Crippen molar-refractivity contribution in [2.24, 2.45) is 0 Å². The highest BCUT2D eigenvalue weighted by molar-refractivity contribution is 7.57. The average Bonchev–Trinajstić information content (AvgIpc) is 2.54. The first-order valence-corrected chi connectivity index (χ1v) is 10.7. The third kappa shape index (κ3) is 5.32. The van der Waals surface area contributed by atoms with E-state index in [1.807, 2.05) is 45.9 Å². The Balaban J connectivity index is 3.42. The molecule has 0 heterocycles. The summed E-state index contributed by atoms with van der Waals surface area (Å²) >= 11 is 0. The van der Waals surface area contributed by atoms with Crippen molar-refractivity contribution >= 4 is 13.5 Å². The van der Waals surface area contributed by atoms with Crippen molar-refractivity contribution < 1.29 is 23.7 Å². The number of carboxylic acid groups (broad SMARTS) is 1. The summed E-state index contributed by atoms with van der Waals surface area (Å²) in [5, 5.41) is 12.3. The zero-order valence-electron chi connectivity index (χ0n) is 16.8. The molecule has 1 rings (SSSR count). The van der Waals surface area contributed by atoms with Gasteiger partial charge in [0.2, 0.25) is 0 Å². The van der Waals surface area contributed by atoms with Gasteiger partial charge in [0.15, 0.2) is 0 Å². The van der Waals surface area contributed by atoms with Crippen LogP contribution in [0, 0.1) is 0 Å². The number of ether oxygens (including phenoxy) is 1. The topological polar surface area (TPSA) is 84.9 Å². The number of methoxy groups -OCH3 is 1. The standard InChI is InChI=1S/C19H32NO5P/c1-8-19(6,18(21)22)20-26(23,12-24-7)25-17-15(13(2)3)10-9-11-16(17)14(4)5/h9-11,13-14H,8,12H2,1-7H3,(H,20,23)(H,21,22)/t19-,26?/m0/s1. The molecule has 0 bridgehead atoms. The van der Waals surface area contributed by atoms with E-state index in [0.717, 1.165) is 11.1 Å². The summed E-state index contributed by atoms with van der Waals surface area (Å²) < 4.78 is 24.6. The van der Waals surface area contributed by atoms with Gasteiger partial charge in [-0.1, -0.05) is 52.8 Å². The molecule has 0 saturated heterocycles. The molecule has 0 amide bonds. The number of carbonyl (C=O) groups is 1. The Hall–Kier alpha value is -1.36. The van der Waals surface area contributed by atoms with Gasteiger partial charge in [-0.2, -0.15) is 0 Å². The Morgan fingerprint density at radius 2 is 1.73 bits per heavy atom. The Kier molecular flexibility index (Phi) is 7.87. The normalized spacial score (nSPS) is 16.3. The van der Waals surface area contributed by atoms with Gasteiger partial charge >= 0.3 is 13.5 Å². The third-order valence-corrected chi connectivity index (χ3v) is 6.36. The predicted molar refractivity (Wildman–Crippen MR) is 104 cm³/mol. The highest BCUT2D eigenvalue weighted by Crippen LogP contribution is 2.49. The van der Waals surface area contributed by atoms with Crippen LogP contribution in [0.5, 0.6) is 5.75 Å². The lowest BCUT2D eigenvalue weighted by atomic mass is 9.94. The molecule has 0 aliphatic rings. The number of carboxylic acids is 1. The van der Waals surface area contributed by atoms with E-state index in [-0.39, 0.29) is 24.6 Å². The van der Waals surface area contributed by atoms with Crippen LogP contribution in [0.1, 0.15) is 70.9 Å². The smallest absolute Gasteiger partial charge is 0.342 e. The summed E-state index contributed by atoms with van der Waals surface area (Å²) in [6, 6.07) is 5.85. The Morgan fingerprint density at radius 1 is 1.23 bits per heavy atom. The van der Waals surface area contributed by atoms with Crippen molar-refractivity contribution in [3.63, 3.8) is 0 Å². The van der Waals surface area contributed by atoms with Gasteiger partial charge in [0.05, 0.1) is 0 Å². The SMILES string of the molecule is CC[C@](C)(NP(=O)(COC)Oc1c(C(C)C)cccc1C(C)C)C(=O)O. The molecule has 1 aromatic rings. The van der Waals surface area contributed by atoms with Crippen molar-refractivity contribution in [1.82, 2.24) is 5.09 Å². The number of nitrogens with one attached hydrogen (secondary N) is 1. The molecular weight excluding hydrogens is 353 g/mol. The van der Waals surface area contributed by atoms with E-state index in [1.165, 1.54) is 14.0 Å². The molecule has 0 aliphatic carbocycles. The lowest BCUT2D eigenvalue weighted by Gasteiger charge is -2.32. The van der Waals surface area contributed by atoms with Gasteiger partial charge in [-0.25, -0.2) is 5.09 Å². The van der Waals surface area contributed by atoms with Gasteiger partial charge in [-0.05, 0) is 36.3 Å². The second-order valence-corrected chi connectivity index (χ2v) is 9.37. The molecule has 0 radical (unpaired) electrons. The lowest BCUT2D eigenvalue weighted by Crippen LogP contribution is -2.48. The summed E-state index contributed by atoms with van der Waals surface area (Å²) in [4.78, 5) is 11.7. The van der Waals surface area contributed by atoms with Crippen LogP contribution >= 0.6 is 7.52 Å². The van der Waals surface area contributed by atoms with Gasteiger partial charge in [-0.3, -0.25) is 9.36 Å². The van der Waals surface area contributed by atoms with Crippen LogP contribution in [-0.4, -0.2) is 30.1 Å². The van der Waals surface area contributed by atoms with Crippen LogP contribution in [0.4, 0.5) is 0 Å². The molecule has 2 N–H and O–H groups in total. The molecule has 7 heteroatoms. The van der Waals surface area contributed by atoms with Gasteiger partial charge in [0.25, 0.3) is 0 Å². The number of benzene rings is 1. The fourth-order valence-electron chi connectivity index (χ4n) is 2.64. The fraction of sp³-hybridized carbons (Fsp3) is 0.632. The van der Waals surface area contributed by atoms with Crippen molar-refractivity contribution in [3.8, 4) is 5.75 Å². The summed E-state index contributed by atoms with van der Waals surface area (Å²) in [6.45, 7) is 11.4. The largest absolute Gasteiger partial charge is 0.480 e. The van der Waals surface area contributed by atoms with E-state index in [9.17, 15) is 14.5 Å². The molecule has 0 fully saturated rings. The van der Waals surface area contributed by atoms with Crippen molar-refractivity contribution in [2.75, 3.05) is 13.5 Å². The molecule has 0 saturated carbocycles. The molecule has 0 aliphatic heterocycles. The van der Waals surface area contributed by atoms with Crippen LogP contribution in [0.2, 0.25) is 0 Å². The van der Waals surface area contributed by atoms with Gasteiger partial charge in [0.1, 0.15) is 17.6 Å². The van der Waals surface area contributed by atoms with E-state index >= 15 is 0 Å². The van der Waals surface area contributed by atoms with Gasteiger partial charge < -0.3 is 14.4 Å². The second kappa shape index (κ2) is 9.03. The number of rotatable bonds is 10. The molecule has 2 atom stereocenters. The first kappa shape index (κ1) is 22.7. The number of aliphatic carboxylic acids is 1. The second-order valence-electron chi connectivity index (χ2n) is 7.36. The maximum Gasteiger partial charge on any atom is 0.342 e. The van der Waals surface area contributed by atoms with Crippen molar-refractivity contribution in [3.05, 3.63) is 29.3 Å². The first-order chi connectivity index (χ1) is 12.0. The Bertz CT molecular complexity index is 648. The summed E-state index contributed by atoms with van der Waals surface area (Å²) in [7, 11) is -2.20. The van der Waals surface area contributed by atoms with Crippen LogP contribution in [0.25, 0.3) is 0 Å². The monoisotopic (exact) mass is 385 g/mol. The van der Waals surface area contributed by atoms with Crippen LogP contribution < -0.4 is 9.61 Å². The minimum absolute atomic E-state index is 0.164. The Morgan fingerprint density at radius 3 is 2.08 bits per heavy atom. The molecule has 0 aromatic heterocycles. The van der Waals surface area contributed by atoms with Crippen LogP contribution in [-0.2, 0) is 14.1 Å². The molecule has 1 unspecified atom stereocenters. The minimum Gasteiger partial charge on any atom is -0.480 e. The van der Waals surface area contributed by atoms with E-state index in [1.54, 1.807) is 6.92 Å². The first-order valence-electron chi connectivity index (χ1n) is 8.93. The quantitative estimate of drug-likeness (QED) is 0.554.